The lowest BCUT2D eigenvalue weighted by atomic mass is 10.4. The van der Waals surface area contributed by atoms with Gasteiger partial charge in [0.2, 0.25) is 0 Å². The molecule has 1 aliphatic heterocycles. The summed E-state index contributed by atoms with van der Waals surface area (Å²) in [5, 5.41) is 2.65. The van der Waals surface area contributed by atoms with Crippen molar-refractivity contribution in [3.05, 3.63) is 0 Å². The molecule has 0 saturated heterocycles. The summed E-state index contributed by atoms with van der Waals surface area (Å²) >= 11 is 0. The molecule has 2 atom stereocenters. The lowest BCUT2D eigenvalue weighted by Gasteiger charge is -2.05. The molecule has 0 bridgehead atoms. The van der Waals surface area contributed by atoms with Crippen LogP contribution in [0.15, 0.2) is 4.99 Å². The van der Waals surface area contributed by atoms with Crippen molar-refractivity contribution in [3.63, 3.8) is 0 Å². The topological polar surface area (TPSA) is 102 Å². The summed E-state index contributed by atoms with van der Waals surface area (Å²) in [6, 6.07) is 0. The first kappa shape index (κ1) is 5.33. The zero-order chi connectivity index (χ0) is 6.15. The van der Waals surface area contributed by atoms with E-state index >= 15 is 0 Å². The minimum atomic E-state index is -0.380. The molecule has 8 heavy (non-hydrogen) atoms. The molecule has 1 heterocycles. The molecule has 0 aliphatic carbocycles. The van der Waals surface area contributed by atoms with E-state index in [0.717, 1.165) is 0 Å². The van der Waals surface area contributed by atoms with E-state index in [9.17, 15) is 0 Å². The van der Waals surface area contributed by atoms with Crippen molar-refractivity contribution < 1.29 is 0 Å². The molecule has 5 heteroatoms. The standard InChI is InChI=1S/C3H9N5/c4-1-2(5)8-3(6)7-1/h1-2H,4-5H2,(H3,6,7,8). The van der Waals surface area contributed by atoms with Crippen LogP contribution in [0.4, 0.5) is 0 Å². The van der Waals surface area contributed by atoms with Crippen LogP contribution in [-0.2, 0) is 0 Å². The van der Waals surface area contributed by atoms with Crippen LogP contribution in [0.3, 0.4) is 0 Å². The van der Waals surface area contributed by atoms with Crippen LogP contribution in [0.1, 0.15) is 0 Å². The molecule has 5 nitrogen and oxygen atoms in total. The Hall–Kier alpha value is -0.810. The van der Waals surface area contributed by atoms with E-state index in [1.807, 2.05) is 0 Å². The number of nitrogens with zero attached hydrogens (tertiary/aromatic N) is 1. The van der Waals surface area contributed by atoms with Crippen LogP contribution >= 0.6 is 0 Å². The number of guanidine groups is 1. The minimum Gasteiger partial charge on any atom is -0.370 e. The third kappa shape index (κ3) is 0.728. The molecule has 0 aromatic rings. The molecular formula is C3H9N5. The second-order valence-corrected chi connectivity index (χ2v) is 1.68. The van der Waals surface area contributed by atoms with Gasteiger partial charge in [-0.05, 0) is 0 Å². The Morgan fingerprint density at radius 3 is 2.25 bits per heavy atom. The fourth-order valence-electron chi connectivity index (χ4n) is 0.534. The number of hydrogen-bond acceptors (Lipinski definition) is 5. The van der Waals surface area contributed by atoms with Gasteiger partial charge in [0.1, 0.15) is 12.3 Å². The van der Waals surface area contributed by atoms with Crippen molar-refractivity contribution in [2.45, 2.75) is 12.3 Å². The van der Waals surface area contributed by atoms with Gasteiger partial charge >= 0.3 is 0 Å². The maximum absolute atomic E-state index is 5.34. The molecule has 0 saturated carbocycles. The molecule has 0 fully saturated rings. The summed E-state index contributed by atoms with van der Waals surface area (Å²) in [5.41, 5.74) is 15.8. The van der Waals surface area contributed by atoms with Crippen molar-refractivity contribution in [1.82, 2.24) is 5.32 Å². The zero-order valence-corrected chi connectivity index (χ0v) is 4.33. The Bertz CT molecular complexity index is 119. The van der Waals surface area contributed by atoms with Crippen molar-refractivity contribution >= 4 is 5.96 Å². The van der Waals surface area contributed by atoms with Crippen LogP contribution < -0.4 is 22.5 Å². The molecule has 46 valence electrons. The number of rotatable bonds is 0. The first-order valence-electron chi connectivity index (χ1n) is 2.31. The summed E-state index contributed by atoms with van der Waals surface area (Å²) in [7, 11) is 0. The largest absolute Gasteiger partial charge is 0.370 e. The van der Waals surface area contributed by atoms with E-state index < -0.39 is 0 Å². The molecule has 1 rings (SSSR count). The van der Waals surface area contributed by atoms with Crippen LogP contribution in [-0.4, -0.2) is 18.3 Å². The molecule has 7 N–H and O–H groups in total. The zero-order valence-electron chi connectivity index (χ0n) is 4.33. The lowest BCUT2D eigenvalue weighted by Crippen LogP contribution is -2.47. The first-order valence-corrected chi connectivity index (χ1v) is 2.31. The van der Waals surface area contributed by atoms with Gasteiger partial charge in [-0.1, -0.05) is 0 Å². The first-order chi connectivity index (χ1) is 3.70. The van der Waals surface area contributed by atoms with E-state index in [0.29, 0.717) is 5.96 Å². The van der Waals surface area contributed by atoms with E-state index in [2.05, 4.69) is 10.3 Å². The van der Waals surface area contributed by atoms with Gasteiger partial charge in [0, 0.05) is 0 Å². The highest BCUT2D eigenvalue weighted by atomic mass is 15.3. The average molecular weight is 115 g/mol. The molecule has 0 radical (unpaired) electrons. The molecule has 2 unspecified atom stereocenters. The summed E-state index contributed by atoms with van der Waals surface area (Å²) in [6.45, 7) is 0. The van der Waals surface area contributed by atoms with Crippen molar-refractivity contribution in [3.8, 4) is 0 Å². The van der Waals surface area contributed by atoms with Crippen LogP contribution in [0.25, 0.3) is 0 Å². The van der Waals surface area contributed by atoms with Crippen LogP contribution in [0, 0.1) is 0 Å². The predicted octanol–water partition coefficient (Wildman–Crippen LogP) is -2.53. The highest BCUT2D eigenvalue weighted by Gasteiger charge is 2.18. The molecular weight excluding hydrogens is 106 g/mol. The second kappa shape index (κ2) is 1.61. The summed E-state index contributed by atoms with van der Waals surface area (Å²) in [5.74, 6) is 0.324. The highest BCUT2D eigenvalue weighted by molar-refractivity contribution is 5.80. The third-order valence-electron chi connectivity index (χ3n) is 0.971. The molecule has 0 aromatic heterocycles. The van der Waals surface area contributed by atoms with Gasteiger partial charge in [0.05, 0.1) is 0 Å². The van der Waals surface area contributed by atoms with Gasteiger partial charge < -0.3 is 22.5 Å². The van der Waals surface area contributed by atoms with E-state index in [4.69, 9.17) is 17.2 Å². The van der Waals surface area contributed by atoms with Crippen LogP contribution in [0.2, 0.25) is 0 Å². The maximum atomic E-state index is 5.34. The number of nitrogens with one attached hydrogen (secondary N) is 1. The predicted molar refractivity (Wildman–Crippen MR) is 30.7 cm³/mol. The van der Waals surface area contributed by atoms with Crippen molar-refractivity contribution in [1.29, 1.82) is 0 Å². The normalized spacial score (nSPS) is 36.5. The Morgan fingerprint density at radius 1 is 1.50 bits per heavy atom. The number of hydrogen-bond donors (Lipinski definition) is 4. The number of nitrogens with two attached hydrogens (primary N) is 3. The molecule has 1 aliphatic rings. The summed E-state index contributed by atoms with van der Waals surface area (Å²) < 4.78 is 0. The molecule has 0 spiro atoms. The molecule has 0 amide bonds. The lowest BCUT2D eigenvalue weighted by molar-refractivity contribution is 0.556. The van der Waals surface area contributed by atoms with Gasteiger partial charge in [0.15, 0.2) is 5.96 Å². The third-order valence-corrected chi connectivity index (χ3v) is 0.971. The van der Waals surface area contributed by atoms with Gasteiger partial charge in [-0.3, -0.25) is 0 Å². The Balaban J connectivity index is 2.56. The summed E-state index contributed by atoms with van der Waals surface area (Å²) in [6.07, 6.45) is -0.690. The smallest absolute Gasteiger partial charge is 0.191 e. The highest BCUT2D eigenvalue weighted by Crippen LogP contribution is 1.90. The molecule has 0 aromatic carbocycles. The second-order valence-electron chi connectivity index (χ2n) is 1.68. The maximum Gasteiger partial charge on any atom is 0.191 e. The van der Waals surface area contributed by atoms with Crippen LogP contribution in [0.5, 0.6) is 0 Å². The number of aliphatic imine (C=N–C) groups is 1. The van der Waals surface area contributed by atoms with Crippen molar-refractivity contribution in [2.24, 2.45) is 22.2 Å². The fraction of sp³-hybridized carbons (Fsp3) is 0.667. The van der Waals surface area contributed by atoms with E-state index in [1.165, 1.54) is 0 Å². The Labute approximate surface area is 46.9 Å². The Kier molecular flexibility index (Phi) is 1.07. The van der Waals surface area contributed by atoms with E-state index in [-0.39, 0.29) is 12.3 Å². The average Bonchev–Trinajstić information content (AvgIpc) is 1.85. The van der Waals surface area contributed by atoms with Crippen molar-refractivity contribution in [2.75, 3.05) is 0 Å². The van der Waals surface area contributed by atoms with Gasteiger partial charge in [-0.2, -0.15) is 0 Å². The SMILES string of the molecule is NC1=NC(N)C(N)N1. The van der Waals surface area contributed by atoms with Gasteiger partial charge in [0.25, 0.3) is 0 Å². The van der Waals surface area contributed by atoms with Gasteiger partial charge in [-0.15, -0.1) is 0 Å². The summed E-state index contributed by atoms with van der Waals surface area (Å²) in [4.78, 5) is 3.71. The quantitative estimate of drug-likeness (QED) is 0.279. The monoisotopic (exact) mass is 115 g/mol. The Morgan fingerprint density at radius 2 is 2.12 bits per heavy atom. The van der Waals surface area contributed by atoms with E-state index in [1.54, 1.807) is 0 Å². The fourth-order valence-corrected chi connectivity index (χ4v) is 0.534. The minimum absolute atomic E-state index is 0.310. The van der Waals surface area contributed by atoms with Gasteiger partial charge in [-0.25, -0.2) is 4.99 Å².